The van der Waals surface area contributed by atoms with E-state index in [2.05, 4.69) is 36.5 Å². The lowest BCUT2D eigenvalue weighted by molar-refractivity contribution is 0.162. The van der Waals surface area contributed by atoms with Crippen LogP contribution < -0.4 is 10.1 Å². The van der Waals surface area contributed by atoms with Crippen molar-refractivity contribution in [1.29, 1.82) is 0 Å². The minimum absolute atomic E-state index is 0.402. The lowest BCUT2D eigenvalue weighted by Crippen LogP contribution is -2.34. The van der Waals surface area contributed by atoms with Crippen LogP contribution in [0, 0.1) is 6.92 Å². The van der Waals surface area contributed by atoms with Crippen LogP contribution in [0.2, 0.25) is 0 Å². The molecule has 104 valence electrons. The highest BCUT2D eigenvalue weighted by Gasteiger charge is 2.13. The van der Waals surface area contributed by atoms with E-state index in [1.54, 1.807) is 0 Å². The Morgan fingerprint density at radius 3 is 1.94 bits per heavy atom. The fraction of sp³-hybridized carbons (Fsp3) is 0.625. The summed E-state index contributed by atoms with van der Waals surface area (Å²) in [4.78, 5) is 0. The van der Waals surface area contributed by atoms with Gasteiger partial charge in [-0.2, -0.15) is 0 Å². The van der Waals surface area contributed by atoms with E-state index in [-0.39, 0.29) is 0 Å². The van der Waals surface area contributed by atoms with Gasteiger partial charge < -0.3 is 10.1 Å². The Hall–Kier alpha value is -1.02. The van der Waals surface area contributed by atoms with Crippen LogP contribution in [0.25, 0.3) is 0 Å². The van der Waals surface area contributed by atoms with Crippen LogP contribution >= 0.6 is 0 Å². The van der Waals surface area contributed by atoms with Crippen molar-refractivity contribution >= 4 is 0 Å². The standard InChI is InChI=1S/C12H17NO.2C2H6/c1-10-2-4-11(5-3-10)14-12-6-8-13-9-7-12;2*1-2/h2-5,12-13H,6-9H2,1H3;2*1-2H3. The molecule has 1 aliphatic rings. The Labute approximate surface area is 113 Å². The van der Waals surface area contributed by atoms with Gasteiger partial charge in [-0.15, -0.1) is 0 Å². The van der Waals surface area contributed by atoms with Gasteiger partial charge in [-0.3, -0.25) is 0 Å². The molecule has 0 bridgehead atoms. The third-order valence-electron chi connectivity index (χ3n) is 2.61. The molecule has 0 radical (unpaired) electrons. The number of aryl methyl sites for hydroxylation is 1. The van der Waals surface area contributed by atoms with Crippen LogP contribution in [-0.2, 0) is 0 Å². The smallest absolute Gasteiger partial charge is 0.119 e. The minimum atomic E-state index is 0.402. The van der Waals surface area contributed by atoms with Crippen molar-refractivity contribution in [2.75, 3.05) is 13.1 Å². The predicted molar refractivity (Wildman–Crippen MR) is 80.4 cm³/mol. The Kier molecular flexibility index (Phi) is 10.5. The molecule has 0 atom stereocenters. The molecule has 1 fully saturated rings. The zero-order chi connectivity index (χ0) is 13.8. The molecule has 0 aromatic heterocycles. The quantitative estimate of drug-likeness (QED) is 0.851. The molecule has 1 aromatic rings. The number of hydrogen-bond donors (Lipinski definition) is 1. The maximum Gasteiger partial charge on any atom is 0.119 e. The zero-order valence-electron chi connectivity index (χ0n) is 12.6. The summed E-state index contributed by atoms with van der Waals surface area (Å²) in [6.07, 6.45) is 2.64. The van der Waals surface area contributed by atoms with Gasteiger partial charge in [0.25, 0.3) is 0 Å². The molecule has 1 saturated heterocycles. The van der Waals surface area contributed by atoms with Crippen molar-refractivity contribution < 1.29 is 4.74 Å². The maximum atomic E-state index is 5.87. The largest absolute Gasteiger partial charge is 0.490 e. The van der Waals surface area contributed by atoms with Crippen molar-refractivity contribution in [1.82, 2.24) is 5.32 Å². The molecule has 1 N–H and O–H groups in total. The van der Waals surface area contributed by atoms with Crippen LogP contribution in [0.5, 0.6) is 5.75 Å². The molecular formula is C16H29NO. The molecule has 2 nitrogen and oxygen atoms in total. The fourth-order valence-corrected chi connectivity index (χ4v) is 1.72. The van der Waals surface area contributed by atoms with E-state index >= 15 is 0 Å². The topological polar surface area (TPSA) is 21.3 Å². The maximum absolute atomic E-state index is 5.87. The Morgan fingerprint density at radius 2 is 1.44 bits per heavy atom. The highest BCUT2D eigenvalue weighted by atomic mass is 16.5. The van der Waals surface area contributed by atoms with Gasteiger partial charge in [0.2, 0.25) is 0 Å². The first-order chi connectivity index (χ1) is 8.84. The second kappa shape index (κ2) is 11.1. The molecule has 0 saturated carbocycles. The van der Waals surface area contributed by atoms with Crippen LogP contribution in [0.1, 0.15) is 46.1 Å². The summed E-state index contributed by atoms with van der Waals surface area (Å²) >= 11 is 0. The normalized spacial score (nSPS) is 14.7. The molecule has 18 heavy (non-hydrogen) atoms. The van der Waals surface area contributed by atoms with Gasteiger partial charge in [0, 0.05) is 0 Å². The van der Waals surface area contributed by atoms with Gasteiger partial charge in [0.1, 0.15) is 11.9 Å². The van der Waals surface area contributed by atoms with Crippen molar-refractivity contribution in [2.45, 2.75) is 53.6 Å². The molecule has 2 heteroatoms. The zero-order valence-corrected chi connectivity index (χ0v) is 12.6. The molecule has 1 heterocycles. The second-order valence-electron chi connectivity index (χ2n) is 3.88. The Morgan fingerprint density at radius 1 is 0.944 bits per heavy atom. The number of rotatable bonds is 2. The van der Waals surface area contributed by atoms with Crippen LogP contribution in [0.15, 0.2) is 24.3 Å². The summed E-state index contributed by atoms with van der Waals surface area (Å²) < 4.78 is 5.87. The molecular weight excluding hydrogens is 222 g/mol. The van der Waals surface area contributed by atoms with Crippen molar-refractivity contribution in [2.24, 2.45) is 0 Å². The van der Waals surface area contributed by atoms with Crippen molar-refractivity contribution in [3.8, 4) is 5.75 Å². The average Bonchev–Trinajstić information content (AvgIpc) is 2.47. The molecule has 0 aliphatic carbocycles. The van der Waals surface area contributed by atoms with Gasteiger partial charge in [-0.1, -0.05) is 45.4 Å². The summed E-state index contributed by atoms with van der Waals surface area (Å²) in [7, 11) is 0. The van der Waals surface area contributed by atoms with Crippen LogP contribution in [-0.4, -0.2) is 19.2 Å². The molecule has 2 rings (SSSR count). The van der Waals surface area contributed by atoms with E-state index in [4.69, 9.17) is 4.74 Å². The third kappa shape index (κ3) is 6.65. The number of benzene rings is 1. The van der Waals surface area contributed by atoms with Gasteiger partial charge in [0.15, 0.2) is 0 Å². The summed E-state index contributed by atoms with van der Waals surface area (Å²) in [5, 5.41) is 3.33. The first kappa shape index (κ1) is 17.0. The van der Waals surface area contributed by atoms with E-state index in [0.29, 0.717) is 6.10 Å². The highest BCUT2D eigenvalue weighted by molar-refractivity contribution is 5.26. The first-order valence-electron chi connectivity index (χ1n) is 7.28. The summed E-state index contributed by atoms with van der Waals surface area (Å²) in [6.45, 7) is 12.3. The fourth-order valence-electron chi connectivity index (χ4n) is 1.72. The predicted octanol–water partition coefficient (Wildman–Crippen LogP) is 4.18. The second-order valence-corrected chi connectivity index (χ2v) is 3.88. The Balaban J connectivity index is 0.000000659. The summed E-state index contributed by atoms with van der Waals surface area (Å²) in [6, 6.07) is 8.29. The van der Waals surface area contributed by atoms with Crippen molar-refractivity contribution in [3.63, 3.8) is 0 Å². The van der Waals surface area contributed by atoms with E-state index in [0.717, 1.165) is 31.7 Å². The number of ether oxygens (including phenoxy) is 1. The van der Waals surface area contributed by atoms with E-state index in [1.807, 2.05) is 27.7 Å². The number of piperidine rings is 1. The van der Waals surface area contributed by atoms with Gasteiger partial charge in [-0.05, 0) is 45.0 Å². The summed E-state index contributed by atoms with van der Waals surface area (Å²) in [5.74, 6) is 1.00. The lowest BCUT2D eigenvalue weighted by atomic mass is 10.1. The van der Waals surface area contributed by atoms with Gasteiger partial charge >= 0.3 is 0 Å². The minimum Gasteiger partial charge on any atom is -0.490 e. The highest BCUT2D eigenvalue weighted by Crippen LogP contribution is 2.16. The molecule has 0 unspecified atom stereocenters. The van der Waals surface area contributed by atoms with Crippen LogP contribution in [0.3, 0.4) is 0 Å². The first-order valence-corrected chi connectivity index (χ1v) is 7.28. The van der Waals surface area contributed by atoms with Gasteiger partial charge in [-0.25, -0.2) is 0 Å². The lowest BCUT2D eigenvalue weighted by Gasteiger charge is -2.23. The molecule has 1 aliphatic heterocycles. The number of nitrogens with one attached hydrogen (secondary N) is 1. The third-order valence-corrected chi connectivity index (χ3v) is 2.61. The van der Waals surface area contributed by atoms with Crippen molar-refractivity contribution in [3.05, 3.63) is 29.8 Å². The average molecular weight is 251 g/mol. The molecule has 0 spiro atoms. The summed E-state index contributed by atoms with van der Waals surface area (Å²) in [5.41, 5.74) is 1.28. The SMILES string of the molecule is CC.CC.Cc1ccc(OC2CCNCC2)cc1. The molecule has 1 aromatic carbocycles. The van der Waals surface area contributed by atoms with E-state index in [1.165, 1.54) is 5.56 Å². The number of hydrogen-bond acceptors (Lipinski definition) is 2. The van der Waals surface area contributed by atoms with Gasteiger partial charge in [0.05, 0.1) is 0 Å². The monoisotopic (exact) mass is 251 g/mol. The Bertz CT molecular complexity index is 276. The van der Waals surface area contributed by atoms with E-state index < -0.39 is 0 Å². The van der Waals surface area contributed by atoms with Crippen LogP contribution in [0.4, 0.5) is 0 Å². The van der Waals surface area contributed by atoms with E-state index in [9.17, 15) is 0 Å². The molecule has 0 amide bonds.